The van der Waals surface area contributed by atoms with Crippen molar-refractivity contribution in [2.45, 2.75) is 0 Å². The summed E-state index contributed by atoms with van der Waals surface area (Å²) < 4.78 is 5.28. The third-order valence-corrected chi connectivity index (χ3v) is 3.65. The summed E-state index contributed by atoms with van der Waals surface area (Å²) in [5.74, 6) is -0.380. The van der Waals surface area contributed by atoms with Crippen LogP contribution < -0.4 is 21.1 Å². The fourth-order valence-electron chi connectivity index (χ4n) is 2.25. The smallest absolute Gasteiger partial charge is 0.323 e. The number of rotatable bonds is 6. The Morgan fingerprint density at radius 3 is 2.65 bits per heavy atom. The Morgan fingerprint density at radius 1 is 1.04 bits per heavy atom. The predicted molar refractivity (Wildman–Crippen MR) is 97.5 cm³/mol. The fourth-order valence-corrected chi connectivity index (χ4v) is 2.43. The normalized spacial score (nSPS) is 10.5. The summed E-state index contributed by atoms with van der Waals surface area (Å²) in [6.07, 6.45) is 0. The standard InChI is InChI=1S/C17H15ClN4O4/c18-10-2-1-3-12(6-10)26-9-16(24)19-8-15(23)20-11-4-5-13-14(7-11)22-17(25)21-13/h1-7H,8-9H2,(H,19,24)(H,20,23)(H2,21,22,25). The largest absolute Gasteiger partial charge is 0.484 e. The second kappa shape index (κ2) is 7.75. The zero-order valence-electron chi connectivity index (χ0n) is 13.5. The van der Waals surface area contributed by atoms with Crippen LogP contribution in [0.4, 0.5) is 5.69 Å². The number of hydrogen-bond acceptors (Lipinski definition) is 4. The minimum absolute atomic E-state index is 0.209. The number of amides is 2. The minimum Gasteiger partial charge on any atom is -0.484 e. The summed E-state index contributed by atoms with van der Waals surface area (Å²) in [5, 5.41) is 5.59. The van der Waals surface area contributed by atoms with Crippen molar-refractivity contribution in [3.8, 4) is 5.75 Å². The van der Waals surface area contributed by atoms with E-state index in [1.807, 2.05) is 0 Å². The highest BCUT2D eigenvalue weighted by Crippen LogP contribution is 2.17. The molecule has 0 radical (unpaired) electrons. The number of H-pyrrole nitrogens is 2. The Labute approximate surface area is 152 Å². The van der Waals surface area contributed by atoms with Crippen LogP contribution in [0.25, 0.3) is 11.0 Å². The molecule has 0 aliphatic rings. The lowest BCUT2D eigenvalue weighted by Gasteiger charge is -2.08. The first-order valence-corrected chi connectivity index (χ1v) is 8.04. The van der Waals surface area contributed by atoms with Gasteiger partial charge in [-0.3, -0.25) is 9.59 Å². The van der Waals surface area contributed by atoms with Gasteiger partial charge in [-0.1, -0.05) is 17.7 Å². The molecule has 0 saturated carbocycles. The summed E-state index contributed by atoms with van der Waals surface area (Å²) in [4.78, 5) is 40.1. The molecule has 2 amide bonds. The maximum atomic E-state index is 11.9. The van der Waals surface area contributed by atoms with Crippen LogP contribution in [0.15, 0.2) is 47.3 Å². The molecule has 0 saturated heterocycles. The maximum absolute atomic E-state index is 11.9. The number of ether oxygens (including phenoxy) is 1. The Bertz CT molecular complexity index is 1010. The number of nitrogens with one attached hydrogen (secondary N) is 4. The molecule has 0 spiro atoms. The number of benzene rings is 2. The molecule has 4 N–H and O–H groups in total. The lowest BCUT2D eigenvalue weighted by molar-refractivity contribution is -0.125. The van der Waals surface area contributed by atoms with E-state index < -0.39 is 11.8 Å². The van der Waals surface area contributed by atoms with Gasteiger partial charge in [-0.2, -0.15) is 0 Å². The molecule has 0 aliphatic heterocycles. The highest BCUT2D eigenvalue weighted by Gasteiger charge is 2.08. The zero-order valence-corrected chi connectivity index (χ0v) is 14.2. The number of carbonyl (C=O) groups excluding carboxylic acids is 2. The second-order valence-corrected chi connectivity index (χ2v) is 5.85. The van der Waals surface area contributed by atoms with Crippen LogP contribution in [0, 0.1) is 0 Å². The number of fused-ring (bicyclic) bond motifs is 1. The summed E-state index contributed by atoms with van der Waals surface area (Å²) in [6, 6.07) is 11.6. The van der Waals surface area contributed by atoms with E-state index in [1.165, 1.54) is 0 Å². The zero-order chi connectivity index (χ0) is 18.5. The van der Waals surface area contributed by atoms with Crippen molar-refractivity contribution in [2.75, 3.05) is 18.5 Å². The molecule has 9 heteroatoms. The van der Waals surface area contributed by atoms with Gasteiger partial charge >= 0.3 is 5.69 Å². The van der Waals surface area contributed by atoms with Crippen LogP contribution >= 0.6 is 11.6 Å². The van der Waals surface area contributed by atoms with Gasteiger partial charge < -0.3 is 25.3 Å². The van der Waals surface area contributed by atoms with Crippen LogP contribution in [0.2, 0.25) is 5.02 Å². The van der Waals surface area contributed by atoms with Crippen molar-refractivity contribution < 1.29 is 14.3 Å². The van der Waals surface area contributed by atoms with Gasteiger partial charge in [0.25, 0.3) is 5.91 Å². The van der Waals surface area contributed by atoms with E-state index in [-0.39, 0.29) is 18.8 Å². The first-order chi connectivity index (χ1) is 12.5. The van der Waals surface area contributed by atoms with Gasteiger partial charge in [-0.25, -0.2) is 4.79 Å². The third-order valence-electron chi connectivity index (χ3n) is 3.41. The van der Waals surface area contributed by atoms with Crippen LogP contribution in [-0.4, -0.2) is 34.9 Å². The molecule has 2 aromatic carbocycles. The van der Waals surface area contributed by atoms with E-state index in [9.17, 15) is 14.4 Å². The van der Waals surface area contributed by atoms with Crippen molar-refractivity contribution in [1.29, 1.82) is 0 Å². The van der Waals surface area contributed by atoms with Gasteiger partial charge in [0.15, 0.2) is 6.61 Å². The Kier molecular flexibility index (Phi) is 5.23. The first kappa shape index (κ1) is 17.6. The quantitative estimate of drug-likeness (QED) is 0.525. The second-order valence-electron chi connectivity index (χ2n) is 5.41. The van der Waals surface area contributed by atoms with E-state index in [0.29, 0.717) is 27.5 Å². The molecule has 1 aromatic heterocycles. The van der Waals surface area contributed by atoms with Crippen LogP contribution in [-0.2, 0) is 9.59 Å². The van der Waals surface area contributed by atoms with E-state index >= 15 is 0 Å². The van der Waals surface area contributed by atoms with E-state index in [4.69, 9.17) is 16.3 Å². The van der Waals surface area contributed by atoms with Crippen LogP contribution in [0.1, 0.15) is 0 Å². The lowest BCUT2D eigenvalue weighted by atomic mass is 10.2. The van der Waals surface area contributed by atoms with Gasteiger partial charge in [0.1, 0.15) is 5.75 Å². The van der Waals surface area contributed by atoms with E-state index in [0.717, 1.165) is 0 Å². The molecule has 8 nitrogen and oxygen atoms in total. The number of carbonyl (C=O) groups is 2. The van der Waals surface area contributed by atoms with Crippen molar-refractivity contribution in [1.82, 2.24) is 15.3 Å². The van der Waals surface area contributed by atoms with Gasteiger partial charge in [-0.05, 0) is 36.4 Å². The highest BCUT2D eigenvalue weighted by atomic mass is 35.5. The molecule has 0 aliphatic carbocycles. The molecule has 0 unspecified atom stereocenters. The van der Waals surface area contributed by atoms with Gasteiger partial charge in [-0.15, -0.1) is 0 Å². The number of halogens is 1. The molecule has 0 atom stereocenters. The third kappa shape index (κ3) is 4.64. The van der Waals surface area contributed by atoms with Crippen molar-refractivity contribution in [2.24, 2.45) is 0 Å². The number of imidazole rings is 1. The molecular formula is C17H15ClN4O4. The molecule has 0 bridgehead atoms. The van der Waals surface area contributed by atoms with Crippen molar-refractivity contribution in [3.63, 3.8) is 0 Å². The molecule has 0 fully saturated rings. The molecule has 3 aromatic rings. The van der Waals surface area contributed by atoms with Gasteiger partial charge in [0, 0.05) is 10.7 Å². The van der Waals surface area contributed by atoms with Crippen LogP contribution in [0.3, 0.4) is 0 Å². The summed E-state index contributed by atoms with van der Waals surface area (Å²) in [7, 11) is 0. The Morgan fingerprint density at radius 2 is 1.85 bits per heavy atom. The Hall–Kier alpha value is -3.26. The molecule has 26 heavy (non-hydrogen) atoms. The number of aromatic nitrogens is 2. The summed E-state index contributed by atoms with van der Waals surface area (Å²) in [5.41, 5.74) is 1.39. The first-order valence-electron chi connectivity index (χ1n) is 7.66. The topological polar surface area (TPSA) is 116 Å². The van der Waals surface area contributed by atoms with Crippen LogP contribution in [0.5, 0.6) is 5.75 Å². The van der Waals surface area contributed by atoms with Crippen molar-refractivity contribution >= 4 is 40.1 Å². The predicted octanol–water partition coefficient (Wildman–Crippen LogP) is 1.64. The average molecular weight is 375 g/mol. The average Bonchev–Trinajstić information content (AvgIpc) is 2.97. The summed E-state index contributed by atoms with van der Waals surface area (Å²) >= 11 is 5.82. The lowest BCUT2D eigenvalue weighted by Crippen LogP contribution is -2.35. The highest BCUT2D eigenvalue weighted by molar-refractivity contribution is 6.30. The maximum Gasteiger partial charge on any atom is 0.323 e. The number of anilines is 1. The molecular weight excluding hydrogens is 360 g/mol. The molecule has 1 heterocycles. The SMILES string of the molecule is O=C(COc1cccc(Cl)c1)NCC(=O)Nc1ccc2[nH]c(=O)[nH]c2c1. The molecule has 3 rings (SSSR count). The number of aromatic amines is 2. The molecule has 134 valence electrons. The minimum atomic E-state index is -0.439. The van der Waals surface area contributed by atoms with Gasteiger partial charge in [0.05, 0.1) is 17.6 Å². The van der Waals surface area contributed by atoms with Crippen molar-refractivity contribution in [3.05, 3.63) is 58.0 Å². The number of hydrogen-bond donors (Lipinski definition) is 4. The fraction of sp³-hybridized carbons (Fsp3) is 0.118. The summed E-state index contributed by atoms with van der Waals surface area (Å²) in [6.45, 7) is -0.441. The Balaban J connectivity index is 1.46. The monoisotopic (exact) mass is 374 g/mol. The van der Waals surface area contributed by atoms with E-state index in [1.54, 1.807) is 42.5 Å². The van der Waals surface area contributed by atoms with Gasteiger partial charge in [0.2, 0.25) is 5.91 Å². The van der Waals surface area contributed by atoms with E-state index in [2.05, 4.69) is 20.6 Å².